The molecule has 2 aliphatic rings. The zero-order chi connectivity index (χ0) is 6.81. The van der Waals surface area contributed by atoms with Gasteiger partial charge in [0.1, 0.15) is 0 Å². The molecule has 0 aromatic heterocycles. The molecule has 0 aliphatic heterocycles. The highest BCUT2D eigenvalue weighted by atomic mass is 14.2. The highest BCUT2D eigenvalue weighted by Gasteiger charge is 2.12. The predicted molar refractivity (Wildman–Crippen MR) is 43.3 cm³/mol. The fourth-order valence-corrected chi connectivity index (χ4v) is 1.56. The van der Waals surface area contributed by atoms with Crippen LogP contribution in [0.4, 0.5) is 0 Å². The Morgan fingerprint density at radius 3 is 3.00 bits per heavy atom. The van der Waals surface area contributed by atoms with E-state index in [1.807, 2.05) is 0 Å². The monoisotopic (exact) mass is 131 g/mol. The fraction of sp³-hybridized carbons (Fsp3) is 0.300. The van der Waals surface area contributed by atoms with E-state index in [4.69, 9.17) is 0 Å². The van der Waals surface area contributed by atoms with Gasteiger partial charge in [0.25, 0.3) is 0 Å². The molecule has 0 N–H and O–H groups in total. The van der Waals surface area contributed by atoms with E-state index in [0.717, 1.165) is 5.92 Å². The Balaban J connectivity index is 2.19. The van der Waals surface area contributed by atoms with E-state index in [1.54, 1.807) is 0 Å². The Hall–Kier alpha value is -0.910. The van der Waals surface area contributed by atoms with Gasteiger partial charge < -0.3 is 0 Å². The molecule has 0 saturated carbocycles. The second kappa shape index (κ2) is 2.37. The highest BCUT2D eigenvalue weighted by molar-refractivity contribution is 5.23. The molecule has 0 amide bonds. The Morgan fingerprint density at radius 2 is 2.10 bits per heavy atom. The van der Waals surface area contributed by atoms with Crippen LogP contribution in [0.15, 0.2) is 36.5 Å². The van der Waals surface area contributed by atoms with Crippen LogP contribution in [-0.4, -0.2) is 0 Å². The Labute approximate surface area is 61.9 Å². The second-order valence-electron chi connectivity index (χ2n) is 2.87. The summed E-state index contributed by atoms with van der Waals surface area (Å²) in [6, 6.07) is 0. The van der Waals surface area contributed by atoms with Gasteiger partial charge >= 0.3 is 0 Å². The average Bonchev–Trinajstić information content (AvgIpc) is 2.05. The lowest BCUT2D eigenvalue weighted by Gasteiger charge is -2.31. The summed E-state index contributed by atoms with van der Waals surface area (Å²) < 4.78 is 0. The van der Waals surface area contributed by atoms with Gasteiger partial charge in [-0.25, -0.2) is 18.6 Å². The van der Waals surface area contributed by atoms with Gasteiger partial charge in [0.15, 0.2) is 0 Å². The van der Waals surface area contributed by atoms with Crippen LogP contribution in [-0.2, 0) is 0 Å². The minimum atomic E-state index is 0.676. The number of rotatable bonds is 0. The third-order valence-electron chi connectivity index (χ3n) is 2.17. The van der Waals surface area contributed by atoms with Gasteiger partial charge in [-0.2, -0.15) is 0 Å². The molecule has 2 unspecified atom stereocenters. The molecule has 10 heavy (non-hydrogen) atoms. The molecule has 0 aromatic rings. The quantitative estimate of drug-likeness (QED) is 0.443. The summed E-state index contributed by atoms with van der Waals surface area (Å²) in [4.78, 5) is 0. The molecule has 0 aromatic carbocycles. The molecular weight excluding hydrogens is 120 g/mol. The molecule has 2 aliphatic carbocycles. The largest absolute Gasteiger partial charge is 0.231 e. The molecular formula is C10H11-. The molecule has 2 atom stereocenters. The van der Waals surface area contributed by atoms with Crippen molar-refractivity contribution in [2.24, 2.45) is 11.8 Å². The standard InChI is InChI=1S/C10H11/c1-2-6-10-8-4-3-7-9(10)5-1/h1-7,9-10H,8H2/q-1. The number of allylic oxidation sites excluding steroid dienone is 6. The van der Waals surface area contributed by atoms with Crippen LogP contribution in [0, 0.1) is 18.3 Å². The van der Waals surface area contributed by atoms with Gasteiger partial charge in [0.2, 0.25) is 0 Å². The van der Waals surface area contributed by atoms with Crippen LogP contribution in [0.5, 0.6) is 0 Å². The van der Waals surface area contributed by atoms with E-state index in [1.165, 1.54) is 6.42 Å². The number of hydrogen-bond donors (Lipinski definition) is 0. The minimum Gasteiger partial charge on any atom is -0.231 e. The molecule has 0 heteroatoms. The van der Waals surface area contributed by atoms with Gasteiger partial charge in [-0.3, -0.25) is 0 Å². The van der Waals surface area contributed by atoms with Gasteiger partial charge in [-0.15, -0.1) is 0 Å². The van der Waals surface area contributed by atoms with E-state index in [2.05, 4.69) is 42.9 Å². The Kier molecular flexibility index (Phi) is 1.39. The topological polar surface area (TPSA) is 0 Å². The van der Waals surface area contributed by atoms with E-state index >= 15 is 0 Å². The molecule has 52 valence electrons. The number of hydrogen-bond acceptors (Lipinski definition) is 0. The van der Waals surface area contributed by atoms with Crippen LogP contribution in [0.25, 0.3) is 0 Å². The van der Waals surface area contributed by atoms with Crippen molar-refractivity contribution >= 4 is 0 Å². The maximum absolute atomic E-state index is 2.30. The van der Waals surface area contributed by atoms with Crippen molar-refractivity contribution in [3.05, 3.63) is 42.9 Å². The minimum absolute atomic E-state index is 0.676. The zero-order valence-corrected chi connectivity index (χ0v) is 5.90. The van der Waals surface area contributed by atoms with Crippen LogP contribution < -0.4 is 0 Å². The molecule has 0 heterocycles. The third-order valence-corrected chi connectivity index (χ3v) is 2.17. The third kappa shape index (κ3) is 0.900. The highest BCUT2D eigenvalue weighted by Crippen LogP contribution is 2.29. The van der Waals surface area contributed by atoms with E-state index in [9.17, 15) is 0 Å². The first-order chi connectivity index (χ1) is 4.97. The summed E-state index contributed by atoms with van der Waals surface area (Å²) in [7, 11) is 0. The van der Waals surface area contributed by atoms with E-state index in [-0.39, 0.29) is 0 Å². The molecule has 0 bridgehead atoms. The SMILES string of the molecule is C1=CC2[CH-]C=CCC2C=C1. The van der Waals surface area contributed by atoms with E-state index < -0.39 is 0 Å². The first-order valence-corrected chi connectivity index (χ1v) is 3.82. The summed E-state index contributed by atoms with van der Waals surface area (Å²) >= 11 is 0. The van der Waals surface area contributed by atoms with Gasteiger partial charge in [-0.1, -0.05) is 36.6 Å². The molecule has 2 rings (SSSR count). The summed E-state index contributed by atoms with van der Waals surface area (Å²) in [5.41, 5.74) is 0. The fourth-order valence-electron chi connectivity index (χ4n) is 1.56. The van der Waals surface area contributed by atoms with Gasteiger partial charge in [-0.05, 0) is 5.92 Å². The second-order valence-corrected chi connectivity index (χ2v) is 2.87. The van der Waals surface area contributed by atoms with Crippen molar-refractivity contribution in [3.63, 3.8) is 0 Å². The van der Waals surface area contributed by atoms with Crippen LogP contribution in [0.1, 0.15) is 6.42 Å². The molecule has 0 fully saturated rings. The zero-order valence-electron chi connectivity index (χ0n) is 5.90. The van der Waals surface area contributed by atoms with Crippen molar-refractivity contribution in [3.8, 4) is 0 Å². The molecule has 0 radical (unpaired) electrons. The number of fused-ring (bicyclic) bond motifs is 1. The summed E-state index contributed by atoms with van der Waals surface area (Å²) in [5, 5.41) is 0. The maximum Gasteiger partial charge on any atom is -0.0404 e. The Morgan fingerprint density at radius 1 is 1.20 bits per heavy atom. The van der Waals surface area contributed by atoms with Crippen LogP contribution in [0.2, 0.25) is 0 Å². The summed E-state index contributed by atoms with van der Waals surface area (Å²) in [5.74, 6) is 1.42. The van der Waals surface area contributed by atoms with Crippen LogP contribution >= 0.6 is 0 Å². The van der Waals surface area contributed by atoms with Gasteiger partial charge in [0.05, 0.1) is 0 Å². The van der Waals surface area contributed by atoms with E-state index in [0.29, 0.717) is 5.92 Å². The first kappa shape index (κ1) is 5.84. The lowest BCUT2D eigenvalue weighted by Crippen LogP contribution is -2.14. The molecule has 0 nitrogen and oxygen atoms in total. The van der Waals surface area contributed by atoms with Crippen molar-refractivity contribution in [2.45, 2.75) is 6.42 Å². The maximum atomic E-state index is 2.30. The lowest BCUT2D eigenvalue weighted by atomic mass is 9.81. The molecule has 0 saturated heterocycles. The predicted octanol–water partition coefficient (Wildman–Crippen LogP) is 2.51. The Bertz CT molecular complexity index is 174. The normalized spacial score (nSPS) is 35.2. The van der Waals surface area contributed by atoms with Crippen molar-refractivity contribution in [1.29, 1.82) is 0 Å². The molecule has 0 spiro atoms. The smallest absolute Gasteiger partial charge is 0.0404 e. The van der Waals surface area contributed by atoms with Crippen molar-refractivity contribution in [1.82, 2.24) is 0 Å². The van der Waals surface area contributed by atoms with Crippen molar-refractivity contribution < 1.29 is 0 Å². The summed E-state index contributed by atoms with van der Waals surface area (Å²) in [6.45, 7) is 0. The summed E-state index contributed by atoms with van der Waals surface area (Å²) in [6.07, 6.45) is 16.7. The lowest BCUT2D eigenvalue weighted by molar-refractivity contribution is 0.523. The van der Waals surface area contributed by atoms with Crippen LogP contribution in [0.3, 0.4) is 0 Å². The van der Waals surface area contributed by atoms with Gasteiger partial charge in [0, 0.05) is 0 Å². The average molecular weight is 131 g/mol. The first-order valence-electron chi connectivity index (χ1n) is 3.82. The van der Waals surface area contributed by atoms with Crippen molar-refractivity contribution in [2.75, 3.05) is 0 Å².